The molecule has 27 heavy (non-hydrogen) atoms. The summed E-state index contributed by atoms with van der Waals surface area (Å²) in [7, 11) is 0. The van der Waals surface area contributed by atoms with Gasteiger partial charge in [-0.1, -0.05) is 0 Å². The van der Waals surface area contributed by atoms with Gasteiger partial charge in [-0.2, -0.15) is 13.2 Å². The molecule has 1 saturated heterocycles. The van der Waals surface area contributed by atoms with Crippen molar-refractivity contribution in [2.75, 3.05) is 6.54 Å². The number of benzene rings is 1. The molecule has 2 unspecified atom stereocenters. The Morgan fingerprint density at radius 2 is 1.93 bits per heavy atom. The van der Waals surface area contributed by atoms with Crippen molar-refractivity contribution in [3.8, 4) is 5.75 Å². The molecule has 1 aromatic carbocycles. The van der Waals surface area contributed by atoms with Crippen LogP contribution in [0.15, 0.2) is 18.2 Å². The fraction of sp³-hybridized carbons (Fsp3) is 0.579. The molecule has 146 valence electrons. The molecule has 2 saturated carbocycles. The van der Waals surface area contributed by atoms with Crippen molar-refractivity contribution in [2.24, 2.45) is 11.8 Å². The summed E-state index contributed by atoms with van der Waals surface area (Å²) in [6.07, 6.45) is -1.10. The SMILES string of the molecule is O=C1CC(NC(=O)c2ccc(C(F)(F)F)cc2OC2C[C@@H]3C[C@@H]3C2)CCN1. The lowest BCUT2D eigenvalue weighted by Crippen LogP contribution is -2.45. The van der Waals surface area contributed by atoms with Crippen LogP contribution in [0.25, 0.3) is 0 Å². The molecular formula is C19H21F3N2O3. The highest BCUT2D eigenvalue weighted by atomic mass is 19.4. The smallest absolute Gasteiger partial charge is 0.416 e. The first-order chi connectivity index (χ1) is 12.8. The molecule has 4 atom stereocenters. The average molecular weight is 382 g/mol. The minimum absolute atomic E-state index is 0.0334. The van der Waals surface area contributed by atoms with Crippen LogP contribution in [0.5, 0.6) is 5.75 Å². The molecule has 5 nitrogen and oxygen atoms in total. The molecule has 3 fully saturated rings. The van der Waals surface area contributed by atoms with Crippen LogP contribution in [0.4, 0.5) is 13.2 Å². The number of ether oxygens (including phenoxy) is 1. The lowest BCUT2D eigenvalue weighted by atomic mass is 10.0. The van der Waals surface area contributed by atoms with E-state index in [1.807, 2.05) is 0 Å². The Morgan fingerprint density at radius 1 is 1.19 bits per heavy atom. The van der Waals surface area contributed by atoms with Gasteiger partial charge in [0.15, 0.2) is 0 Å². The number of carbonyl (C=O) groups is 2. The monoisotopic (exact) mass is 382 g/mol. The maximum atomic E-state index is 13.1. The molecule has 1 aliphatic heterocycles. The van der Waals surface area contributed by atoms with E-state index in [0.717, 1.165) is 31.0 Å². The summed E-state index contributed by atoms with van der Waals surface area (Å²) in [5.41, 5.74) is -0.760. The molecule has 0 bridgehead atoms. The molecular weight excluding hydrogens is 361 g/mol. The number of carbonyl (C=O) groups excluding carboxylic acids is 2. The summed E-state index contributed by atoms with van der Waals surface area (Å²) in [4.78, 5) is 24.1. The number of halogens is 3. The number of nitrogens with one attached hydrogen (secondary N) is 2. The van der Waals surface area contributed by atoms with Gasteiger partial charge in [0.2, 0.25) is 5.91 Å². The van der Waals surface area contributed by atoms with Crippen LogP contribution in [0, 0.1) is 11.8 Å². The van der Waals surface area contributed by atoms with Gasteiger partial charge in [-0.25, -0.2) is 0 Å². The third-order valence-corrected chi connectivity index (χ3v) is 5.63. The Hall–Kier alpha value is -2.25. The first-order valence-corrected chi connectivity index (χ1v) is 9.25. The van der Waals surface area contributed by atoms with Gasteiger partial charge >= 0.3 is 6.18 Å². The minimum Gasteiger partial charge on any atom is -0.490 e. The zero-order valence-corrected chi connectivity index (χ0v) is 14.6. The summed E-state index contributed by atoms with van der Waals surface area (Å²) in [6, 6.07) is 2.63. The van der Waals surface area contributed by atoms with E-state index < -0.39 is 17.6 Å². The lowest BCUT2D eigenvalue weighted by Gasteiger charge is -2.24. The second kappa shape index (κ2) is 6.73. The quantitative estimate of drug-likeness (QED) is 0.842. The number of amides is 2. The van der Waals surface area contributed by atoms with Crippen LogP contribution >= 0.6 is 0 Å². The van der Waals surface area contributed by atoms with Crippen LogP contribution in [0.1, 0.15) is 48.0 Å². The van der Waals surface area contributed by atoms with E-state index in [1.54, 1.807) is 0 Å². The van der Waals surface area contributed by atoms with Crippen molar-refractivity contribution in [2.45, 2.75) is 50.4 Å². The summed E-state index contributed by atoms with van der Waals surface area (Å²) in [6.45, 7) is 0.463. The summed E-state index contributed by atoms with van der Waals surface area (Å²) in [5.74, 6) is 0.522. The maximum Gasteiger partial charge on any atom is 0.416 e. The van der Waals surface area contributed by atoms with Crippen LogP contribution < -0.4 is 15.4 Å². The van der Waals surface area contributed by atoms with Gasteiger partial charge in [0, 0.05) is 19.0 Å². The normalized spacial score (nSPS) is 29.7. The zero-order chi connectivity index (χ0) is 19.2. The van der Waals surface area contributed by atoms with Gasteiger partial charge in [-0.15, -0.1) is 0 Å². The van der Waals surface area contributed by atoms with Crippen LogP contribution in [-0.2, 0) is 11.0 Å². The third-order valence-electron chi connectivity index (χ3n) is 5.63. The molecule has 2 amide bonds. The minimum atomic E-state index is -4.51. The van der Waals surface area contributed by atoms with Gasteiger partial charge in [0.1, 0.15) is 5.75 Å². The number of hydrogen-bond acceptors (Lipinski definition) is 3. The first kappa shape index (κ1) is 18.1. The molecule has 4 rings (SSSR count). The summed E-state index contributed by atoms with van der Waals surface area (Å²) in [5, 5.41) is 5.42. The van der Waals surface area contributed by atoms with Crippen molar-refractivity contribution in [3.05, 3.63) is 29.3 Å². The Morgan fingerprint density at radius 3 is 2.59 bits per heavy atom. The highest BCUT2D eigenvalue weighted by molar-refractivity contribution is 5.97. The largest absolute Gasteiger partial charge is 0.490 e. The molecule has 0 spiro atoms. The van der Waals surface area contributed by atoms with Crippen LogP contribution in [0.3, 0.4) is 0 Å². The standard InChI is InChI=1S/C19H21F3N2O3/c20-19(21,22)12-1-2-15(18(26)24-13-3-4-23-17(25)9-13)16(8-12)27-14-6-10-5-11(10)7-14/h1-2,8,10-11,13-14H,3-7,9H2,(H,23,25)(H,24,26)/t10-,11+,13?,14?. The fourth-order valence-electron chi connectivity index (χ4n) is 4.09. The van der Waals surface area contributed by atoms with E-state index in [1.165, 1.54) is 6.42 Å². The lowest BCUT2D eigenvalue weighted by molar-refractivity contribution is -0.137. The van der Waals surface area contributed by atoms with Crippen LogP contribution in [0.2, 0.25) is 0 Å². The third kappa shape index (κ3) is 4.04. The Bertz CT molecular complexity index is 755. The molecule has 1 heterocycles. The number of fused-ring (bicyclic) bond motifs is 1. The van der Waals surface area contributed by atoms with E-state index in [0.29, 0.717) is 24.8 Å². The van der Waals surface area contributed by atoms with Crippen molar-refractivity contribution in [1.82, 2.24) is 10.6 Å². The average Bonchev–Trinajstić information content (AvgIpc) is 3.20. The number of piperidine rings is 1. The molecule has 1 aromatic rings. The maximum absolute atomic E-state index is 13.1. The topological polar surface area (TPSA) is 67.4 Å². The molecule has 3 aliphatic rings. The summed E-state index contributed by atoms with van der Waals surface area (Å²) >= 11 is 0. The Kier molecular flexibility index (Phi) is 4.52. The van der Waals surface area contributed by atoms with Crippen molar-refractivity contribution < 1.29 is 27.5 Å². The van der Waals surface area contributed by atoms with Crippen molar-refractivity contribution in [1.29, 1.82) is 0 Å². The Labute approximate surface area is 154 Å². The van der Waals surface area contributed by atoms with E-state index >= 15 is 0 Å². The Balaban J connectivity index is 1.54. The van der Waals surface area contributed by atoms with E-state index in [2.05, 4.69) is 10.6 Å². The number of rotatable bonds is 4. The second-order valence-corrected chi connectivity index (χ2v) is 7.69. The number of alkyl halides is 3. The predicted octanol–water partition coefficient (Wildman–Crippen LogP) is 2.89. The predicted molar refractivity (Wildman–Crippen MR) is 90.2 cm³/mol. The van der Waals surface area contributed by atoms with Crippen LogP contribution in [-0.4, -0.2) is 30.5 Å². The van der Waals surface area contributed by atoms with E-state index in [4.69, 9.17) is 4.74 Å². The summed E-state index contributed by atoms with van der Waals surface area (Å²) < 4.78 is 45.1. The van der Waals surface area contributed by atoms with E-state index in [-0.39, 0.29) is 35.8 Å². The number of hydrogen-bond donors (Lipinski definition) is 2. The highest BCUT2D eigenvalue weighted by Crippen LogP contribution is 2.52. The molecule has 2 aliphatic carbocycles. The van der Waals surface area contributed by atoms with Gasteiger partial charge in [-0.3, -0.25) is 9.59 Å². The molecule has 2 N–H and O–H groups in total. The first-order valence-electron chi connectivity index (χ1n) is 9.25. The van der Waals surface area contributed by atoms with Gasteiger partial charge in [0.25, 0.3) is 5.91 Å². The van der Waals surface area contributed by atoms with Gasteiger partial charge in [0.05, 0.1) is 17.2 Å². The van der Waals surface area contributed by atoms with E-state index in [9.17, 15) is 22.8 Å². The fourth-order valence-corrected chi connectivity index (χ4v) is 4.09. The molecule has 0 aromatic heterocycles. The zero-order valence-electron chi connectivity index (χ0n) is 14.6. The van der Waals surface area contributed by atoms with Gasteiger partial charge in [-0.05, 0) is 55.7 Å². The van der Waals surface area contributed by atoms with Crippen molar-refractivity contribution >= 4 is 11.8 Å². The van der Waals surface area contributed by atoms with Gasteiger partial charge < -0.3 is 15.4 Å². The highest BCUT2D eigenvalue weighted by Gasteiger charge is 2.47. The molecule has 8 heteroatoms. The van der Waals surface area contributed by atoms with Crippen molar-refractivity contribution in [3.63, 3.8) is 0 Å². The molecule has 0 radical (unpaired) electrons. The second-order valence-electron chi connectivity index (χ2n) is 7.69.